The van der Waals surface area contributed by atoms with Gasteiger partial charge in [0.15, 0.2) is 0 Å². The lowest BCUT2D eigenvalue weighted by molar-refractivity contribution is 0.439. The maximum atomic E-state index is 5.82. The quantitative estimate of drug-likeness (QED) is 0.723. The molecular formula is C10H16ClN3. The van der Waals surface area contributed by atoms with E-state index in [-0.39, 0.29) is 0 Å². The molecule has 0 unspecified atom stereocenters. The summed E-state index contributed by atoms with van der Waals surface area (Å²) in [7, 11) is 0. The van der Waals surface area contributed by atoms with E-state index in [9.17, 15) is 0 Å². The maximum Gasteiger partial charge on any atom is 0.101 e. The molecule has 14 heavy (non-hydrogen) atoms. The van der Waals surface area contributed by atoms with Crippen LogP contribution in [0.4, 0.5) is 0 Å². The van der Waals surface area contributed by atoms with Crippen molar-refractivity contribution in [3.05, 3.63) is 11.4 Å². The fraction of sp³-hybridized carbons (Fsp3) is 0.800. The van der Waals surface area contributed by atoms with Crippen molar-refractivity contribution in [1.29, 1.82) is 0 Å². The van der Waals surface area contributed by atoms with Gasteiger partial charge in [-0.3, -0.25) is 0 Å². The van der Waals surface area contributed by atoms with Gasteiger partial charge < -0.3 is 0 Å². The molecule has 0 atom stereocenters. The van der Waals surface area contributed by atoms with Crippen LogP contribution in [0.1, 0.15) is 50.0 Å². The zero-order valence-corrected chi connectivity index (χ0v) is 9.30. The van der Waals surface area contributed by atoms with E-state index in [1.807, 2.05) is 0 Å². The fourth-order valence-electron chi connectivity index (χ4n) is 2.26. The first-order valence-electron chi connectivity index (χ1n) is 5.35. The lowest BCUT2D eigenvalue weighted by Gasteiger charge is -2.12. The molecule has 0 N–H and O–H groups in total. The monoisotopic (exact) mass is 213 g/mol. The van der Waals surface area contributed by atoms with Gasteiger partial charge in [-0.05, 0) is 19.3 Å². The Kier molecular flexibility index (Phi) is 3.06. The van der Waals surface area contributed by atoms with E-state index in [4.69, 9.17) is 11.6 Å². The highest BCUT2D eigenvalue weighted by atomic mass is 35.5. The van der Waals surface area contributed by atoms with Crippen LogP contribution in [-0.4, -0.2) is 15.0 Å². The lowest BCUT2D eigenvalue weighted by atomic mass is 10.2. The second kappa shape index (κ2) is 4.30. The summed E-state index contributed by atoms with van der Waals surface area (Å²) in [5.41, 5.74) is 2.19. The predicted molar refractivity (Wildman–Crippen MR) is 56.5 cm³/mol. The summed E-state index contributed by atoms with van der Waals surface area (Å²) in [5, 5.41) is 8.35. The Hall–Kier alpha value is -0.570. The van der Waals surface area contributed by atoms with Crippen molar-refractivity contribution in [2.24, 2.45) is 0 Å². The average molecular weight is 214 g/mol. The average Bonchev–Trinajstić information content (AvgIpc) is 2.85. The molecule has 1 aliphatic carbocycles. The Balaban J connectivity index is 2.27. The van der Waals surface area contributed by atoms with Gasteiger partial charge in [0.05, 0.1) is 17.6 Å². The molecule has 1 fully saturated rings. The summed E-state index contributed by atoms with van der Waals surface area (Å²) in [6.45, 7) is 2.14. The highest BCUT2D eigenvalue weighted by molar-refractivity contribution is 6.16. The zero-order chi connectivity index (χ0) is 9.97. The molecule has 0 bridgehead atoms. The molecular weight excluding hydrogens is 198 g/mol. The highest BCUT2D eigenvalue weighted by Crippen LogP contribution is 2.30. The minimum atomic E-state index is 0.482. The van der Waals surface area contributed by atoms with Crippen LogP contribution in [0.3, 0.4) is 0 Å². The van der Waals surface area contributed by atoms with Gasteiger partial charge in [-0.1, -0.05) is 25.0 Å². The predicted octanol–water partition coefficient (Wildman–Crippen LogP) is 2.69. The SMILES string of the molecule is CCc1c(CCl)nnn1C1CCCC1. The van der Waals surface area contributed by atoms with Gasteiger partial charge >= 0.3 is 0 Å². The van der Waals surface area contributed by atoms with Crippen LogP contribution in [0.2, 0.25) is 0 Å². The largest absolute Gasteiger partial charge is 0.246 e. The van der Waals surface area contributed by atoms with Crippen LogP contribution in [0.25, 0.3) is 0 Å². The molecule has 0 amide bonds. The first-order valence-corrected chi connectivity index (χ1v) is 5.89. The van der Waals surface area contributed by atoms with Gasteiger partial charge in [0.25, 0.3) is 0 Å². The van der Waals surface area contributed by atoms with Gasteiger partial charge in [0.2, 0.25) is 0 Å². The molecule has 0 radical (unpaired) electrons. The molecule has 1 aliphatic rings. The fourth-order valence-corrected chi connectivity index (χ4v) is 2.47. The van der Waals surface area contributed by atoms with Gasteiger partial charge in [-0.2, -0.15) is 0 Å². The van der Waals surface area contributed by atoms with Gasteiger partial charge in [-0.25, -0.2) is 4.68 Å². The second-order valence-electron chi connectivity index (χ2n) is 3.85. The maximum absolute atomic E-state index is 5.82. The standard InChI is InChI=1S/C10H16ClN3/c1-2-10-9(7-11)12-13-14(10)8-5-3-4-6-8/h8H,2-7H2,1H3. The summed E-state index contributed by atoms with van der Waals surface area (Å²) in [4.78, 5) is 0. The Bertz CT molecular complexity index is 302. The number of alkyl halides is 1. The first-order chi connectivity index (χ1) is 6.86. The van der Waals surface area contributed by atoms with Crippen LogP contribution in [0, 0.1) is 0 Å². The highest BCUT2D eigenvalue weighted by Gasteiger charge is 2.21. The van der Waals surface area contributed by atoms with Crippen LogP contribution >= 0.6 is 11.6 Å². The Morgan fingerprint density at radius 2 is 2.14 bits per heavy atom. The Morgan fingerprint density at radius 1 is 1.43 bits per heavy atom. The molecule has 0 aliphatic heterocycles. The number of nitrogens with zero attached hydrogens (tertiary/aromatic N) is 3. The first kappa shape index (κ1) is 9.97. The lowest BCUT2D eigenvalue weighted by Crippen LogP contribution is -2.10. The van der Waals surface area contributed by atoms with Crippen LogP contribution < -0.4 is 0 Å². The molecule has 2 rings (SSSR count). The summed E-state index contributed by atoms with van der Waals surface area (Å²) >= 11 is 5.82. The number of aromatic nitrogens is 3. The third kappa shape index (κ3) is 1.65. The van der Waals surface area contributed by atoms with Crippen molar-refractivity contribution >= 4 is 11.6 Å². The van der Waals surface area contributed by atoms with E-state index < -0.39 is 0 Å². The van der Waals surface area contributed by atoms with Crippen molar-refractivity contribution in [1.82, 2.24) is 15.0 Å². The van der Waals surface area contributed by atoms with E-state index in [1.54, 1.807) is 0 Å². The molecule has 1 aromatic heterocycles. The minimum Gasteiger partial charge on any atom is -0.246 e. The second-order valence-corrected chi connectivity index (χ2v) is 4.12. The molecule has 78 valence electrons. The van der Waals surface area contributed by atoms with E-state index >= 15 is 0 Å². The topological polar surface area (TPSA) is 30.7 Å². The third-order valence-electron chi connectivity index (χ3n) is 3.00. The van der Waals surface area contributed by atoms with Crippen molar-refractivity contribution < 1.29 is 0 Å². The summed E-state index contributed by atoms with van der Waals surface area (Å²) < 4.78 is 2.10. The molecule has 0 aromatic carbocycles. The van der Waals surface area contributed by atoms with Crippen molar-refractivity contribution in [3.63, 3.8) is 0 Å². The molecule has 0 spiro atoms. The molecule has 1 heterocycles. The van der Waals surface area contributed by atoms with Crippen LogP contribution in [0.15, 0.2) is 0 Å². The smallest absolute Gasteiger partial charge is 0.101 e. The van der Waals surface area contributed by atoms with E-state index in [2.05, 4.69) is 21.9 Å². The summed E-state index contributed by atoms with van der Waals surface area (Å²) in [5.74, 6) is 0.482. The summed E-state index contributed by atoms with van der Waals surface area (Å²) in [6.07, 6.45) is 6.12. The Morgan fingerprint density at radius 3 is 2.71 bits per heavy atom. The van der Waals surface area contributed by atoms with Crippen molar-refractivity contribution in [2.75, 3.05) is 0 Å². The van der Waals surface area contributed by atoms with Gasteiger partial charge in [0.1, 0.15) is 5.69 Å². The molecule has 3 nitrogen and oxygen atoms in total. The van der Waals surface area contributed by atoms with Crippen molar-refractivity contribution in [2.45, 2.75) is 50.9 Å². The molecule has 1 aromatic rings. The zero-order valence-electron chi connectivity index (χ0n) is 8.54. The Labute approximate surface area is 89.4 Å². The van der Waals surface area contributed by atoms with E-state index in [1.165, 1.54) is 31.4 Å². The number of rotatable bonds is 3. The minimum absolute atomic E-state index is 0.482. The molecule has 4 heteroatoms. The van der Waals surface area contributed by atoms with Crippen LogP contribution in [0.5, 0.6) is 0 Å². The normalized spacial score (nSPS) is 17.9. The van der Waals surface area contributed by atoms with Crippen LogP contribution in [-0.2, 0) is 12.3 Å². The van der Waals surface area contributed by atoms with Gasteiger partial charge in [0, 0.05) is 0 Å². The third-order valence-corrected chi connectivity index (χ3v) is 3.26. The molecule has 1 saturated carbocycles. The molecule has 0 saturated heterocycles. The van der Waals surface area contributed by atoms with Gasteiger partial charge in [-0.15, -0.1) is 16.7 Å². The van der Waals surface area contributed by atoms with E-state index in [0.717, 1.165) is 12.1 Å². The summed E-state index contributed by atoms with van der Waals surface area (Å²) in [6, 6.07) is 0.578. The number of halogens is 1. The van der Waals surface area contributed by atoms with Crippen molar-refractivity contribution in [3.8, 4) is 0 Å². The van der Waals surface area contributed by atoms with E-state index in [0.29, 0.717) is 11.9 Å². The number of hydrogen-bond donors (Lipinski definition) is 0. The number of hydrogen-bond acceptors (Lipinski definition) is 2.